The maximum atomic E-state index is 12.9. The van der Waals surface area contributed by atoms with Gasteiger partial charge in [0.05, 0.1) is 19.1 Å². The van der Waals surface area contributed by atoms with Crippen LogP contribution in [0.15, 0.2) is 24.3 Å². The van der Waals surface area contributed by atoms with Gasteiger partial charge in [-0.25, -0.2) is 0 Å². The van der Waals surface area contributed by atoms with E-state index in [2.05, 4.69) is 10.2 Å². The first-order valence-electron chi connectivity index (χ1n) is 11.0. The van der Waals surface area contributed by atoms with Crippen molar-refractivity contribution in [3.05, 3.63) is 29.8 Å². The molecule has 2 aliphatic heterocycles. The van der Waals surface area contributed by atoms with Crippen LogP contribution in [0.2, 0.25) is 0 Å². The van der Waals surface area contributed by atoms with Crippen LogP contribution in [-0.4, -0.2) is 78.2 Å². The highest BCUT2D eigenvalue weighted by Crippen LogP contribution is 2.26. The molecule has 0 bridgehead atoms. The molecule has 1 atom stereocenters. The number of ether oxygens (including phenoxy) is 1. The highest BCUT2D eigenvalue weighted by atomic mass is 16.5. The van der Waals surface area contributed by atoms with E-state index in [1.54, 1.807) is 14.0 Å². The Hall–Kier alpha value is -2.12. The van der Waals surface area contributed by atoms with Gasteiger partial charge in [-0.1, -0.05) is 18.2 Å². The summed E-state index contributed by atoms with van der Waals surface area (Å²) in [5, 5.41) is 14.2. The molecule has 0 spiro atoms. The molecule has 0 saturated carbocycles. The number of likely N-dealkylation sites (tertiary alicyclic amines) is 2. The Balaban J connectivity index is 1.50. The third kappa shape index (κ3) is 6.19. The highest BCUT2D eigenvalue weighted by molar-refractivity contribution is 5.79. The van der Waals surface area contributed by atoms with Gasteiger partial charge >= 0.3 is 0 Å². The molecule has 2 saturated heterocycles. The van der Waals surface area contributed by atoms with Crippen LogP contribution in [-0.2, 0) is 16.0 Å². The number of amides is 2. The molecule has 0 unspecified atom stereocenters. The van der Waals surface area contributed by atoms with E-state index < -0.39 is 5.60 Å². The summed E-state index contributed by atoms with van der Waals surface area (Å²) in [7, 11) is 1.62. The lowest BCUT2D eigenvalue weighted by Gasteiger charge is -2.38. The van der Waals surface area contributed by atoms with E-state index >= 15 is 0 Å². The molecule has 7 nitrogen and oxygen atoms in total. The quantitative estimate of drug-likeness (QED) is 0.735. The molecule has 166 valence electrons. The van der Waals surface area contributed by atoms with Gasteiger partial charge in [0.25, 0.3) is 0 Å². The fourth-order valence-corrected chi connectivity index (χ4v) is 4.65. The smallest absolute Gasteiger partial charge is 0.227 e. The predicted octanol–water partition coefficient (Wildman–Crippen LogP) is 1.58. The first-order chi connectivity index (χ1) is 14.4. The molecule has 0 radical (unpaired) electrons. The summed E-state index contributed by atoms with van der Waals surface area (Å²) in [6, 6.07) is 7.86. The van der Waals surface area contributed by atoms with Crippen molar-refractivity contribution >= 4 is 11.8 Å². The summed E-state index contributed by atoms with van der Waals surface area (Å²) in [5.74, 6) is 0.841. The Morgan fingerprint density at radius 3 is 2.60 bits per heavy atom. The van der Waals surface area contributed by atoms with Crippen molar-refractivity contribution in [3.8, 4) is 5.75 Å². The average Bonchev–Trinajstić information content (AvgIpc) is 2.91. The van der Waals surface area contributed by atoms with Crippen molar-refractivity contribution in [2.45, 2.75) is 57.1 Å². The maximum absolute atomic E-state index is 12.9. The summed E-state index contributed by atoms with van der Waals surface area (Å²) >= 11 is 0. The van der Waals surface area contributed by atoms with Crippen LogP contribution < -0.4 is 10.1 Å². The monoisotopic (exact) mass is 417 g/mol. The summed E-state index contributed by atoms with van der Waals surface area (Å²) in [6.07, 6.45) is 4.25. The van der Waals surface area contributed by atoms with E-state index in [1.165, 1.54) is 0 Å². The fraction of sp³-hybridized carbons (Fsp3) is 0.652. The minimum Gasteiger partial charge on any atom is -0.496 e. The lowest BCUT2D eigenvalue weighted by molar-refractivity contribution is -0.130. The number of hydrogen-bond acceptors (Lipinski definition) is 5. The Bertz CT molecular complexity index is 733. The zero-order valence-electron chi connectivity index (χ0n) is 18.2. The van der Waals surface area contributed by atoms with Crippen LogP contribution in [0.4, 0.5) is 0 Å². The average molecular weight is 418 g/mol. The van der Waals surface area contributed by atoms with Crippen LogP contribution in [0.1, 0.15) is 44.6 Å². The SMILES string of the molecule is COc1ccccc1CC(=O)N1CCC[C@](O)(CN2CCC(NC(C)=O)CC2)CC1. The van der Waals surface area contributed by atoms with Gasteiger partial charge in [0.15, 0.2) is 0 Å². The minimum atomic E-state index is -0.764. The standard InChI is InChI=1S/C23H35N3O4/c1-18(27)24-20-8-13-25(14-9-20)17-23(29)10-5-12-26(15-11-23)22(28)16-19-6-3-4-7-21(19)30-2/h3-4,6-7,20,29H,5,8-17H2,1-2H3,(H,24,27)/t23-/m1/s1. The second kappa shape index (κ2) is 10.3. The second-order valence-corrected chi connectivity index (χ2v) is 8.70. The molecular formula is C23H35N3O4. The van der Waals surface area contributed by atoms with Gasteiger partial charge < -0.3 is 25.0 Å². The number of carbonyl (C=O) groups excluding carboxylic acids is 2. The molecule has 2 fully saturated rings. The Morgan fingerprint density at radius 1 is 1.17 bits per heavy atom. The Morgan fingerprint density at radius 2 is 1.90 bits per heavy atom. The van der Waals surface area contributed by atoms with Gasteiger partial charge in [-0.15, -0.1) is 0 Å². The second-order valence-electron chi connectivity index (χ2n) is 8.70. The fourth-order valence-electron chi connectivity index (χ4n) is 4.65. The number of para-hydroxylation sites is 1. The largest absolute Gasteiger partial charge is 0.496 e. The van der Waals surface area contributed by atoms with Gasteiger partial charge in [-0.2, -0.15) is 0 Å². The van der Waals surface area contributed by atoms with Gasteiger partial charge in [0, 0.05) is 51.3 Å². The molecule has 2 aliphatic rings. The van der Waals surface area contributed by atoms with Gasteiger partial charge in [-0.3, -0.25) is 9.59 Å². The molecule has 0 aliphatic carbocycles. The number of piperidine rings is 1. The van der Waals surface area contributed by atoms with Crippen LogP contribution >= 0.6 is 0 Å². The van der Waals surface area contributed by atoms with E-state index in [4.69, 9.17) is 4.74 Å². The number of β-amino-alcohol motifs (C(OH)–C–C–N with tert-alkyl or cyclic N) is 1. The van der Waals surface area contributed by atoms with E-state index in [-0.39, 0.29) is 17.9 Å². The minimum absolute atomic E-state index is 0.0220. The molecule has 30 heavy (non-hydrogen) atoms. The van der Waals surface area contributed by atoms with Crippen molar-refractivity contribution in [1.29, 1.82) is 0 Å². The molecule has 7 heteroatoms. The third-order valence-corrected chi connectivity index (χ3v) is 6.32. The van der Waals surface area contributed by atoms with Gasteiger partial charge in [0.1, 0.15) is 5.75 Å². The number of nitrogens with zero attached hydrogens (tertiary/aromatic N) is 2. The third-order valence-electron chi connectivity index (χ3n) is 6.32. The summed E-state index contributed by atoms with van der Waals surface area (Å²) in [6.45, 7) is 5.21. The van der Waals surface area contributed by atoms with Crippen LogP contribution in [0.25, 0.3) is 0 Å². The van der Waals surface area contributed by atoms with E-state index in [0.717, 1.165) is 43.7 Å². The number of hydrogen-bond donors (Lipinski definition) is 2. The Kier molecular flexibility index (Phi) is 7.72. The van der Waals surface area contributed by atoms with Gasteiger partial charge in [0.2, 0.25) is 11.8 Å². The summed E-state index contributed by atoms with van der Waals surface area (Å²) in [5.41, 5.74) is 0.131. The molecule has 2 N–H and O–H groups in total. The number of carbonyl (C=O) groups is 2. The molecule has 3 rings (SSSR count). The zero-order chi connectivity index (χ0) is 21.6. The molecule has 2 amide bonds. The molecule has 0 aromatic heterocycles. The molecular weight excluding hydrogens is 382 g/mol. The lowest BCUT2D eigenvalue weighted by Crippen LogP contribution is -2.50. The van der Waals surface area contributed by atoms with E-state index in [9.17, 15) is 14.7 Å². The van der Waals surface area contributed by atoms with E-state index in [0.29, 0.717) is 38.9 Å². The van der Waals surface area contributed by atoms with Crippen molar-refractivity contribution < 1.29 is 19.4 Å². The first kappa shape index (κ1) is 22.6. The van der Waals surface area contributed by atoms with Crippen LogP contribution in [0.5, 0.6) is 5.75 Å². The Labute approximate surface area is 179 Å². The van der Waals surface area contributed by atoms with Crippen molar-refractivity contribution in [1.82, 2.24) is 15.1 Å². The van der Waals surface area contributed by atoms with Crippen molar-refractivity contribution in [2.24, 2.45) is 0 Å². The maximum Gasteiger partial charge on any atom is 0.227 e. The van der Waals surface area contributed by atoms with Crippen LogP contribution in [0, 0.1) is 0 Å². The molecule has 2 heterocycles. The van der Waals surface area contributed by atoms with Gasteiger partial charge in [-0.05, 0) is 38.2 Å². The molecule has 1 aromatic rings. The predicted molar refractivity (Wildman–Crippen MR) is 115 cm³/mol. The lowest BCUT2D eigenvalue weighted by atomic mass is 9.93. The molecule has 1 aromatic carbocycles. The normalized spacial score (nSPS) is 23.6. The summed E-state index contributed by atoms with van der Waals surface area (Å²) < 4.78 is 5.37. The van der Waals surface area contributed by atoms with Crippen LogP contribution in [0.3, 0.4) is 0 Å². The first-order valence-corrected chi connectivity index (χ1v) is 11.0. The topological polar surface area (TPSA) is 82.1 Å². The zero-order valence-corrected chi connectivity index (χ0v) is 18.2. The van der Waals surface area contributed by atoms with E-state index in [1.807, 2.05) is 29.2 Å². The van der Waals surface area contributed by atoms with Crippen molar-refractivity contribution in [2.75, 3.05) is 39.8 Å². The number of rotatable bonds is 6. The number of benzene rings is 1. The number of nitrogens with one attached hydrogen (secondary N) is 1. The number of methoxy groups -OCH3 is 1. The van der Waals surface area contributed by atoms with Crippen molar-refractivity contribution in [3.63, 3.8) is 0 Å². The highest BCUT2D eigenvalue weighted by Gasteiger charge is 2.34. The number of aliphatic hydroxyl groups is 1. The summed E-state index contributed by atoms with van der Waals surface area (Å²) in [4.78, 5) is 28.3.